The lowest BCUT2D eigenvalue weighted by molar-refractivity contribution is -0.365. The molecule has 2 aliphatic heterocycles. The fraction of sp³-hybridized carbons (Fsp3) is 0.368. The standard InChI is InChI=1S/C19H20ClN3O2S/c1-26-17-5-4-14(11-15(17)20)23-8-9-25-16-10-13(12-21-18(16)23)19(24)22-6-2-3-7-22/h4-5,10-12H,2-3,6-9H2,1H3/p+1. The first-order chi connectivity index (χ1) is 12.7. The molecule has 0 aliphatic carbocycles. The third-order valence-electron chi connectivity index (χ3n) is 4.81. The lowest BCUT2D eigenvalue weighted by Gasteiger charge is -2.24. The fourth-order valence-corrected chi connectivity index (χ4v) is 4.32. The van der Waals surface area contributed by atoms with Crippen molar-refractivity contribution >= 4 is 40.8 Å². The Bertz CT molecular complexity index is 840. The summed E-state index contributed by atoms with van der Waals surface area (Å²) in [5.41, 5.74) is 1.65. The first kappa shape index (κ1) is 17.5. The topological polar surface area (TPSA) is 46.9 Å². The molecular weight excluding hydrogens is 370 g/mol. The number of aromatic nitrogens is 1. The Balaban J connectivity index is 1.64. The lowest BCUT2D eigenvalue weighted by Crippen LogP contribution is -2.35. The molecule has 4 rings (SSSR count). The van der Waals surface area contributed by atoms with E-state index in [2.05, 4.69) is 16.0 Å². The van der Waals surface area contributed by atoms with Crippen LogP contribution in [0.25, 0.3) is 0 Å². The summed E-state index contributed by atoms with van der Waals surface area (Å²) in [6.45, 7) is 2.95. The SMILES string of the molecule is CSc1ccc(N2CCOc3cc(C(=O)N4CCCC4)c[nH+]c32)cc1Cl. The van der Waals surface area contributed by atoms with E-state index in [1.807, 2.05) is 29.4 Å². The van der Waals surface area contributed by atoms with Gasteiger partial charge in [-0.1, -0.05) is 11.6 Å². The fourth-order valence-electron chi connectivity index (χ4n) is 3.46. The third kappa shape index (κ3) is 3.23. The number of halogens is 1. The number of H-pyrrole nitrogens is 1. The van der Waals surface area contributed by atoms with Gasteiger partial charge in [0, 0.05) is 30.1 Å². The van der Waals surface area contributed by atoms with Crippen molar-refractivity contribution in [3.8, 4) is 5.75 Å². The van der Waals surface area contributed by atoms with Crippen LogP contribution >= 0.6 is 23.4 Å². The van der Waals surface area contributed by atoms with Crippen LogP contribution in [-0.4, -0.2) is 43.3 Å². The Labute approximate surface area is 162 Å². The Morgan fingerprint density at radius 2 is 2.04 bits per heavy atom. The molecule has 0 bridgehead atoms. The molecule has 1 amide bonds. The van der Waals surface area contributed by atoms with E-state index in [-0.39, 0.29) is 5.91 Å². The monoisotopic (exact) mass is 390 g/mol. The predicted octanol–water partition coefficient (Wildman–Crippen LogP) is 3.64. The van der Waals surface area contributed by atoms with E-state index in [4.69, 9.17) is 16.3 Å². The van der Waals surface area contributed by atoms with Gasteiger partial charge in [0.05, 0.1) is 10.6 Å². The van der Waals surface area contributed by atoms with E-state index in [1.165, 1.54) is 0 Å². The maximum Gasteiger partial charge on any atom is 0.322 e. The number of thioether (sulfide) groups is 1. The van der Waals surface area contributed by atoms with Gasteiger partial charge in [-0.15, -0.1) is 11.8 Å². The minimum atomic E-state index is 0.0645. The predicted molar refractivity (Wildman–Crippen MR) is 104 cm³/mol. The summed E-state index contributed by atoms with van der Waals surface area (Å²) in [5.74, 6) is 1.61. The number of amides is 1. The van der Waals surface area contributed by atoms with Gasteiger partial charge in [0.2, 0.25) is 5.75 Å². The number of fused-ring (bicyclic) bond motifs is 1. The Kier molecular flexibility index (Phi) is 4.96. The van der Waals surface area contributed by atoms with Crippen molar-refractivity contribution in [3.05, 3.63) is 41.0 Å². The van der Waals surface area contributed by atoms with Crippen molar-refractivity contribution in [2.24, 2.45) is 0 Å². The molecule has 0 unspecified atom stereocenters. The van der Waals surface area contributed by atoms with Gasteiger partial charge in [-0.05, 0) is 31.2 Å². The van der Waals surface area contributed by atoms with Crippen LogP contribution in [0.15, 0.2) is 35.4 Å². The minimum absolute atomic E-state index is 0.0645. The second-order valence-corrected chi connectivity index (χ2v) is 7.67. The van der Waals surface area contributed by atoms with Crippen molar-refractivity contribution in [3.63, 3.8) is 0 Å². The molecule has 0 saturated carbocycles. The molecule has 5 nitrogen and oxygen atoms in total. The van der Waals surface area contributed by atoms with Crippen LogP contribution in [0.5, 0.6) is 5.75 Å². The lowest BCUT2D eigenvalue weighted by atomic mass is 10.2. The molecule has 2 aromatic rings. The van der Waals surface area contributed by atoms with Gasteiger partial charge >= 0.3 is 5.82 Å². The molecule has 7 heteroatoms. The number of anilines is 2. The average Bonchev–Trinajstić information content (AvgIpc) is 3.21. The number of aromatic amines is 1. The number of hydrogen-bond acceptors (Lipinski definition) is 4. The highest BCUT2D eigenvalue weighted by molar-refractivity contribution is 7.98. The van der Waals surface area contributed by atoms with Crippen LogP contribution in [0, 0.1) is 0 Å². The van der Waals surface area contributed by atoms with Crippen molar-refractivity contribution in [1.29, 1.82) is 0 Å². The molecule has 3 heterocycles. The van der Waals surface area contributed by atoms with E-state index in [9.17, 15) is 4.79 Å². The van der Waals surface area contributed by atoms with Gasteiger partial charge < -0.3 is 9.64 Å². The molecule has 26 heavy (non-hydrogen) atoms. The van der Waals surface area contributed by atoms with Crippen molar-refractivity contribution < 1.29 is 14.5 Å². The number of carbonyl (C=O) groups is 1. The number of benzene rings is 1. The highest BCUT2D eigenvalue weighted by Gasteiger charge is 2.31. The Hall–Kier alpha value is -1.92. The van der Waals surface area contributed by atoms with Gasteiger partial charge in [0.25, 0.3) is 5.91 Å². The van der Waals surface area contributed by atoms with Crippen LogP contribution in [0.3, 0.4) is 0 Å². The van der Waals surface area contributed by atoms with E-state index < -0.39 is 0 Å². The zero-order valence-electron chi connectivity index (χ0n) is 14.6. The maximum absolute atomic E-state index is 12.6. The van der Waals surface area contributed by atoms with Gasteiger partial charge in [-0.25, -0.2) is 9.88 Å². The van der Waals surface area contributed by atoms with Crippen LogP contribution in [-0.2, 0) is 0 Å². The molecular formula is C19H21ClN3O2S+. The average molecular weight is 391 g/mol. The molecule has 1 fully saturated rings. The first-order valence-corrected chi connectivity index (χ1v) is 10.4. The van der Waals surface area contributed by atoms with Crippen LogP contribution in [0.4, 0.5) is 11.5 Å². The molecule has 0 radical (unpaired) electrons. The number of ether oxygens (including phenoxy) is 1. The molecule has 1 saturated heterocycles. The van der Waals surface area contributed by atoms with Gasteiger partial charge in [0.1, 0.15) is 25.0 Å². The normalized spacial score (nSPS) is 16.4. The number of rotatable bonds is 3. The number of nitrogens with one attached hydrogen (secondary N) is 1. The number of nitrogens with zero attached hydrogens (tertiary/aromatic N) is 2. The molecule has 0 spiro atoms. The highest BCUT2D eigenvalue weighted by atomic mass is 35.5. The van der Waals surface area contributed by atoms with Crippen molar-refractivity contribution in [2.45, 2.75) is 17.7 Å². The van der Waals surface area contributed by atoms with Crippen molar-refractivity contribution in [1.82, 2.24) is 4.90 Å². The summed E-state index contributed by atoms with van der Waals surface area (Å²) in [6, 6.07) is 7.91. The molecule has 1 aromatic heterocycles. The second kappa shape index (κ2) is 7.37. The Morgan fingerprint density at radius 3 is 2.77 bits per heavy atom. The quantitative estimate of drug-likeness (QED) is 0.750. The zero-order valence-corrected chi connectivity index (χ0v) is 16.2. The summed E-state index contributed by atoms with van der Waals surface area (Å²) in [6.07, 6.45) is 5.95. The van der Waals surface area contributed by atoms with Gasteiger partial charge in [0.15, 0.2) is 0 Å². The molecule has 1 aromatic carbocycles. The van der Waals surface area contributed by atoms with Gasteiger partial charge in [-0.2, -0.15) is 0 Å². The molecule has 0 atom stereocenters. The second-order valence-electron chi connectivity index (χ2n) is 6.42. The number of likely N-dealkylation sites (tertiary alicyclic amines) is 1. The van der Waals surface area contributed by atoms with Crippen LogP contribution in [0.1, 0.15) is 23.2 Å². The number of hydrogen-bond donors (Lipinski definition) is 0. The third-order valence-corrected chi connectivity index (χ3v) is 6.03. The van der Waals surface area contributed by atoms with E-state index in [0.717, 1.165) is 53.9 Å². The zero-order chi connectivity index (χ0) is 18.1. The smallest absolute Gasteiger partial charge is 0.322 e. The van der Waals surface area contributed by atoms with E-state index in [0.29, 0.717) is 17.9 Å². The number of pyridine rings is 1. The minimum Gasteiger partial charge on any atom is -0.482 e. The van der Waals surface area contributed by atoms with Gasteiger partial charge in [-0.3, -0.25) is 4.79 Å². The van der Waals surface area contributed by atoms with E-state index >= 15 is 0 Å². The maximum atomic E-state index is 12.6. The summed E-state index contributed by atoms with van der Waals surface area (Å²) in [5, 5.41) is 0.740. The van der Waals surface area contributed by atoms with Crippen molar-refractivity contribution in [2.75, 3.05) is 37.4 Å². The van der Waals surface area contributed by atoms with Crippen LogP contribution < -0.4 is 14.6 Å². The van der Waals surface area contributed by atoms with E-state index in [1.54, 1.807) is 18.0 Å². The molecule has 2 aliphatic rings. The first-order valence-electron chi connectivity index (χ1n) is 8.76. The Morgan fingerprint density at radius 1 is 1.23 bits per heavy atom. The molecule has 136 valence electrons. The van der Waals surface area contributed by atoms with Crippen LogP contribution in [0.2, 0.25) is 5.02 Å². The highest BCUT2D eigenvalue weighted by Crippen LogP contribution is 2.36. The summed E-state index contributed by atoms with van der Waals surface area (Å²) in [7, 11) is 0. The molecule has 1 N–H and O–H groups in total. The summed E-state index contributed by atoms with van der Waals surface area (Å²) in [4.78, 5) is 21.0. The largest absolute Gasteiger partial charge is 0.482 e. The summed E-state index contributed by atoms with van der Waals surface area (Å²) < 4.78 is 5.82. The number of carbonyl (C=O) groups excluding carboxylic acids is 1. The summed E-state index contributed by atoms with van der Waals surface area (Å²) >= 11 is 8.00.